The normalized spacial score (nSPS) is 11.4. The van der Waals surface area contributed by atoms with E-state index in [-0.39, 0.29) is 10.5 Å². The van der Waals surface area contributed by atoms with Crippen LogP contribution in [0.25, 0.3) is 0 Å². The SMILES string of the molecule is CS(=O)(=O)c1cccc(C(=O)Nc2ncc(Cc3ccc(Cl)cc3Cl)s2)c1. The Balaban J connectivity index is 1.73. The number of hydrogen-bond acceptors (Lipinski definition) is 5. The quantitative estimate of drug-likeness (QED) is 0.623. The summed E-state index contributed by atoms with van der Waals surface area (Å²) in [5.74, 6) is -0.425. The van der Waals surface area contributed by atoms with Gasteiger partial charge in [0.2, 0.25) is 0 Å². The molecule has 27 heavy (non-hydrogen) atoms. The smallest absolute Gasteiger partial charge is 0.257 e. The number of rotatable bonds is 5. The summed E-state index contributed by atoms with van der Waals surface area (Å²) in [5, 5.41) is 4.24. The van der Waals surface area contributed by atoms with Crippen molar-refractivity contribution in [1.29, 1.82) is 0 Å². The first-order valence-electron chi connectivity index (χ1n) is 7.72. The van der Waals surface area contributed by atoms with Gasteiger partial charge in [0.15, 0.2) is 15.0 Å². The van der Waals surface area contributed by atoms with E-state index < -0.39 is 15.7 Å². The predicted molar refractivity (Wildman–Crippen MR) is 109 cm³/mol. The minimum Gasteiger partial charge on any atom is -0.298 e. The number of carbonyl (C=O) groups excluding carboxylic acids is 1. The summed E-state index contributed by atoms with van der Waals surface area (Å²) >= 11 is 13.4. The molecule has 2 aromatic carbocycles. The number of anilines is 1. The standard InChI is InChI=1S/C18H14Cl2N2O3S2/c1-27(24,25)15-4-2-3-12(8-15)17(23)22-18-21-10-14(26-18)7-11-5-6-13(19)9-16(11)20/h2-6,8-10H,7H2,1H3,(H,21,22,23). The van der Waals surface area contributed by atoms with Crippen LogP contribution < -0.4 is 5.32 Å². The monoisotopic (exact) mass is 440 g/mol. The maximum absolute atomic E-state index is 12.4. The number of benzene rings is 2. The van der Waals surface area contributed by atoms with E-state index in [1.54, 1.807) is 24.4 Å². The van der Waals surface area contributed by atoms with Gasteiger partial charge in [0.1, 0.15) is 0 Å². The van der Waals surface area contributed by atoms with Gasteiger partial charge in [0.25, 0.3) is 5.91 Å². The lowest BCUT2D eigenvalue weighted by molar-refractivity contribution is 0.102. The number of aromatic nitrogens is 1. The molecule has 9 heteroatoms. The molecule has 0 bridgehead atoms. The Kier molecular flexibility index (Phi) is 5.86. The van der Waals surface area contributed by atoms with E-state index in [1.165, 1.54) is 29.5 Å². The Morgan fingerprint density at radius 2 is 1.96 bits per heavy atom. The van der Waals surface area contributed by atoms with Crippen molar-refractivity contribution in [3.05, 3.63) is 74.7 Å². The van der Waals surface area contributed by atoms with Crippen LogP contribution in [0.4, 0.5) is 5.13 Å². The van der Waals surface area contributed by atoms with Crippen LogP contribution in [-0.2, 0) is 16.3 Å². The average Bonchev–Trinajstić information content (AvgIpc) is 3.04. The number of nitrogens with one attached hydrogen (secondary N) is 1. The number of thiazole rings is 1. The molecule has 1 heterocycles. The molecule has 0 saturated heterocycles. The highest BCUT2D eigenvalue weighted by molar-refractivity contribution is 7.90. The predicted octanol–water partition coefficient (Wildman–Crippen LogP) is 4.70. The number of halogens is 2. The van der Waals surface area contributed by atoms with Gasteiger partial charge in [-0.3, -0.25) is 10.1 Å². The molecule has 0 aliphatic rings. The van der Waals surface area contributed by atoms with Crippen LogP contribution in [0.15, 0.2) is 53.6 Å². The molecule has 0 aliphatic heterocycles. The fourth-order valence-corrected chi connectivity index (χ4v) is 4.31. The average molecular weight is 441 g/mol. The summed E-state index contributed by atoms with van der Waals surface area (Å²) < 4.78 is 23.3. The minimum atomic E-state index is -3.38. The lowest BCUT2D eigenvalue weighted by Crippen LogP contribution is -2.12. The Morgan fingerprint density at radius 3 is 2.67 bits per heavy atom. The van der Waals surface area contributed by atoms with Crippen molar-refractivity contribution in [3.8, 4) is 0 Å². The van der Waals surface area contributed by atoms with Gasteiger partial charge in [-0.05, 0) is 35.9 Å². The van der Waals surface area contributed by atoms with Crippen molar-refractivity contribution >= 4 is 55.4 Å². The van der Waals surface area contributed by atoms with Crippen LogP contribution in [0.2, 0.25) is 10.0 Å². The lowest BCUT2D eigenvalue weighted by atomic mass is 10.1. The second-order valence-corrected chi connectivity index (χ2v) is 9.77. The van der Waals surface area contributed by atoms with E-state index in [0.29, 0.717) is 21.6 Å². The van der Waals surface area contributed by atoms with E-state index in [0.717, 1.165) is 16.7 Å². The maximum atomic E-state index is 12.4. The number of sulfone groups is 1. The van der Waals surface area contributed by atoms with Crippen molar-refractivity contribution < 1.29 is 13.2 Å². The summed E-state index contributed by atoms with van der Waals surface area (Å²) in [6.07, 6.45) is 3.32. The highest BCUT2D eigenvalue weighted by atomic mass is 35.5. The molecular weight excluding hydrogens is 427 g/mol. The molecule has 1 aromatic heterocycles. The van der Waals surface area contributed by atoms with Crippen LogP contribution in [0.1, 0.15) is 20.8 Å². The molecule has 3 aromatic rings. The first-order valence-corrected chi connectivity index (χ1v) is 11.2. The lowest BCUT2D eigenvalue weighted by Gasteiger charge is -2.04. The fraction of sp³-hybridized carbons (Fsp3) is 0.111. The van der Waals surface area contributed by atoms with Gasteiger partial charge in [0.05, 0.1) is 4.90 Å². The van der Waals surface area contributed by atoms with Gasteiger partial charge >= 0.3 is 0 Å². The Hall–Kier alpha value is -1.93. The third-order valence-electron chi connectivity index (χ3n) is 3.68. The molecule has 0 aliphatic carbocycles. The van der Waals surface area contributed by atoms with Crippen molar-refractivity contribution in [2.24, 2.45) is 0 Å². The molecule has 1 N–H and O–H groups in total. The van der Waals surface area contributed by atoms with Gasteiger partial charge < -0.3 is 0 Å². The van der Waals surface area contributed by atoms with Gasteiger partial charge in [-0.25, -0.2) is 13.4 Å². The Labute approximate surface area is 170 Å². The fourth-order valence-electron chi connectivity index (χ4n) is 2.34. The summed E-state index contributed by atoms with van der Waals surface area (Å²) in [4.78, 5) is 17.6. The summed E-state index contributed by atoms with van der Waals surface area (Å²) in [5.41, 5.74) is 1.15. The molecular formula is C18H14Cl2N2O3S2. The molecule has 0 saturated carbocycles. The summed E-state index contributed by atoms with van der Waals surface area (Å²) in [6, 6.07) is 11.2. The first-order chi connectivity index (χ1) is 12.7. The van der Waals surface area contributed by atoms with E-state index in [9.17, 15) is 13.2 Å². The van der Waals surface area contributed by atoms with E-state index in [1.807, 2.05) is 6.07 Å². The van der Waals surface area contributed by atoms with Crippen LogP contribution in [0.5, 0.6) is 0 Å². The van der Waals surface area contributed by atoms with Crippen molar-refractivity contribution in [1.82, 2.24) is 4.98 Å². The Bertz CT molecular complexity index is 1110. The van der Waals surface area contributed by atoms with Crippen molar-refractivity contribution in [3.63, 3.8) is 0 Å². The highest BCUT2D eigenvalue weighted by Gasteiger charge is 2.14. The van der Waals surface area contributed by atoms with E-state index >= 15 is 0 Å². The number of amides is 1. The van der Waals surface area contributed by atoms with Crippen LogP contribution in [-0.4, -0.2) is 25.6 Å². The molecule has 140 valence electrons. The van der Waals surface area contributed by atoms with Crippen molar-refractivity contribution in [2.45, 2.75) is 11.3 Å². The van der Waals surface area contributed by atoms with Crippen LogP contribution >= 0.6 is 34.5 Å². The molecule has 0 fully saturated rings. The van der Waals surface area contributed by atoms with Gasteiger partial charge in [0, 0.05) is 39.4 Å². The summed E-state index contributed by atoms with van der Waals surface area (Å²) in [6.45, 7) is 0. The molecule has 1 amide bonds. The molecule has 0 spiro atoms. The minimum absolute atomic E-state index is 0.0901. The highest BCUT2D eigenvalue weighted by Crippen LogP contribution is 2.27. The molecule has 0 radical (unpaired) electrons. The third-order valence-corrected chi connectivity index (χ3v) is 6.29. The van der Waals surface area contributed by atoms with Crippen molar-refractivity contribution in [2.75, 3.05) is 11.6 Å². The van der Waals surface area contributed by atoms with Crippen LogP contribution in [0.3, 0.4) is 0 Å². The first kappa shape index (κ1) is 19.8. The van der Waals surface area contributed by atoms with E-state index in [4.69, 9.17) is 23.2 Å². The van der Waals surface area contributed by atoms with E-state index in [2.05, 4.69) is 10.3 Å². The molecule has 3 rings (SSSR count). The zero-order chi connectivity index (χ0) is 19.6. The zero-order valence-electron chi connectivity index (χ0n) is 14.1. The largest absolute Gasteiger partial charge is 0.298 e. The molecule has 5 nitrogen and oxygen atoms in total. The van der Waals surface area contributed by atoms with Gasteiger partial charge in [-0.2, -0.15) is 0 Å². The maximum Gasteiger partial charge on any atom is 0.257 e. The number of carbonyl (C=O) groups is 1. The second kappa shape index (κ2) is 7.98. The zero-order valence-corrected chi connectivity index (χ0v) is 17.2. The molecule has 0 unspecified atom stereocenters. The van der Waals surface area contributed by atoms with Gasteiger partial charge in [-0.1, -0.05) is 35.3 Å². The van der Waals surface area contributed by atoms with Crippen LogP contribution in [0, 0.1) is 0 Å². The summed E-state index contributed by atoms with van der Waals surface area (Å²) in [7, 11) is -3.38. The number of nitrogens with zero attached hydrogens (tertiary/aromatic N) is 1. The third kappa shape index (κ3) is 5.07. The second-order valence-electron chi connectivity index (χ2n) is 5.80. The topological polar surface area (TPSA) is 76.1 Å². The number of hydrogen-bond donors (Lipinski definition) is 1. The van der Waals surface area contributed by atoms with Gasteiger partial charge in [-0.15, -0.1) is 11.3 Å². The molecule has 0 atom stereocenters. The Morgan fingerprint density at radius 1 is 1.19 bits per heavy atom.